The van der Waals surface area contributed by atoms with Gasteiger partial charge in [-0.05, 0) is 58.1 Å². The molecule has 0 aliphatic heterocycles. The van der Waals surface area contributed by atoms with Crippen LogP contribution in [-0.4, -0.2) is 24.6 Å². The number of thioether (sulfide) groups is 1. The van der Waals surface area contributed by atoms with Crippen LogP contribution in [0.4, 0.5) is 0 Å². The van der Waals surface area contributed by atoms with E-state index in [0.717, 1.165) is 28.5 Å². The van der Waals surface area contributed by atoms with E-state index in [0.29, 0.717) is 6.04 Å². The summed E-state index contributed by atoms with van der Waals surface area (Å²) in [5, 5.41) is 7.67. The molecule has 1 aromatic carbocycles. The second-order valence-corrected chi connectivity index (χ2v) is 6.76. The average molecular weight is 334 g/mol. The fraction of sp³-hybridized carbons (Fsp3) is 0.500. The van der Waals surface area contributed by atoms with Crippen LogP contribution in [0.5, 0.6) is 5.75 Å². The van der Waals surface area contributed by atoms with Gasteiger partial charge in [0.2, 0.25) is 0 Å². The van der Waals surface area contributed by atoms with E-state index in [9.17, 15) is 0 Å². The smallest absolute Gasteiger partial charge is 0.137 e. The van der Waals surface area contributed by atoms with Crippen LogP contribution in [0.2, 0.25) is 0 Å². The van der Waals surface area contributed by atoms with E-state index >= 15 is 0 Å². The number of nitrogens with zero attached hydrogens (tertiary/aromatic N) is 1. The van der Waals surface area contributed by atoms with Crippen LogP contribution in [0.3, 0.4) is 0 Å². The van der Waals surface area contributed by atoms with Gasteiger partial charge in [-0.1, -0.05) is 11.2 Å². The van der Waals surface area contributed by atoms with Crippen LogP contribution in [0.15, 0.2) is 27.6 Å². The Morgan fingerprint density at radius 1 is 1.30 bits per heavy atom. The quantitative estimate of drug-likeness (QED) is 0.765. The van der Waals surface area contributed by atoms with E-state index in [4.69, 9.17) is 9.26 Å². The molecule has 0 radical (unpaired) electrons. The maximum atomic E-state index is 5.48. The summed E-state index contributed by atoms with van der Waals surface area (Å²) in [5.74, 6) is 1.84. The Balaban J connectivity index is 2.05. The Labute approximate surface area is 143 Å². The van der Waals surface area contributed by atoms with E-state index in [1.807, 2.05) is 13.8 Å². The predicted molar refractivity (Wildman–Crippen MR) is 95.5 cm³/mol. The molecule has 2 rings (SSSR count). The Kier molecular flexibility index (Phi) is 6.13. The number of hydrogen-bond donors (Lipinski definition) is 1. The minimum absolute atomic E-state index is 0.246. The standard InChI is InChI=1S/C18H26N2O2S/c1-11(9-16-13(3)20-22-14(16)4)19-12(2)15-7-8-18(23-6)17(10-15)21-5/h7-8,10-12,19H,9H2,1-6H3/t11-,12-/m0/s1. The Morgan fingerprint density at radius 3 is 2.61 bits per heavy atom. The number of rotatable bonds is 7. The van der Waals surface area contributed by atoms with Crippen LogP contribution in [-0.2, 0) is 6.42 Å². The first-order valence-electron chi connectivity index (χ1n) is 7.86. The third-order valence-electron chi connectivity index (χ3n) is 4.13. The van der Waals surface area contributed by atoms with Crippen molar-refractivity contribution in [3.8, 4) is 5.75 Å². The molecule has 2 aromatic rings. The third kappa shape index (κ3) is 4.30. The summed E-state index contributed by atoms with van der Waals surface area (Å²) in [6, 6.07) is 6.97. The van der Waals surface area contributed by atoms with Gasteiger partial charge in [-0.15, -0.1) is 11.8 Å². The molecule has 0 bridgehead atoms. The maximum Gasteiger partial charge on any atom is 0.137 e. The van der Waals surface area contributed by atoms with Gasteiger partial charge in [0.25, 0.3) is 0 Å². The molecule has 23 heavy (non-hydrogen) atoms. The lowest BCUT2D eigenvalue weighted by Gasteiger charge is -2.21. The first-order chi connectivity index (χ1) is 11.0. The van der Waals surface area contributed by atoms with Crippen LogP contribution < -0.4 is 10.1 Å². The Bertz CT molecular complexity index is 635. The molecule has 4 nitrogen and oxygen atoms in total. The predicted octanol–water partition coefficient (Wildman–Crippen LogP) is 4.30. The molecule has 2 atom stereocenters. The van der Waals surface area contributed by atoms with Crippen molar-refractivity contribution in [3.05, 3.63) is 40.8 Å². The highest BCUT2D eigenvalue weighted by molar-refractivity contribution is 7.98. The van der Waals surface area contributed by atoms with E-state index in [1.165, 1.54) is 11.1 Å². The van der Waals surface area contributed by atoms with Gasteiger partial charge in [0.05, 0.1) is 12.8 Å². The SMILES string of the molecule is COc1cc([C@H](C)N[C@@H](C)Cc2c(C)noc2C)ccc1SC. The third-order valence-corrected chi connectivity index (χ3v) is 4.91. The summed E-state index contributed by atoms with van der Waals surface area (Å²) in [5.41, 5.74) is 3.41. The summed E-state index contributed by atoms with van der Waals surface area (Å²) in [4.78, 5) is 1.16. The van der Waals surface area contributed by atoms with Crippen LogP contribution >= 0.6 is 11.8 Å². The second-order valence-electron chi connectivity index (χ2n) is 5.91. The number of methoxy groups -OCH3 is 1. The largest absolute Gasteiger partial charge is 0.496 e. The molecule has 0 aliphatic rings. The Hall–Kier alpha value is -1.46. The minimum atomic E-state index is 0.246. The molecule has 1 aromatic heterocycles. The molecule has 0 saturated carbocycles. The zero-order chi connectivity index (χ0) is 17.0. The number of benzene rings is 1. The topological polar surface area (TPSA) is 47.3 Å². The lowest BCUT2D eigenvalue weighted by atomic mass is 10.0. The molecule has 0 fully saturated rings. The van der Waals surface area contributed by atoms with Gasteiger partial charge in [-0.25, -0.2) is 0 Å². The minimum Gasteiger partial charge on any atom is -0.496 e. The summed E-state index contributed by atoms with van der Waals surface area (Å²) in [7, 11) is 1.72. The zero-order valence-corrected chi connectivity index (χ0v) is 15.6. The normalized spacial score (nSPS) is 13.8. The highest BCUT2D eigenvalue weighted by atomic mass is 32.2. The number of hydrogen-bond acceptors (Lipinski definition) is 5. The Morgan fingerprint density at radius 2 is 2.04 bits per heavy atom. The van der Waals surface area contributed by atoms with Crippen molar-refractivity contribution in [1.29, 1.82) is 0 Å². The fourth-order valence-corrected chi connectivity index (χ4v) is 3.35. The van der Waals surface area contributed by atoms with Crippen molar-refractivity contribution >= 4 is 11.8 Å². The van der Waals surface area contributed by atoms with Gasteiger partial charge in [-0.3, -0.25) is 0 Å². The average Bonchev–Trinajstić information content (AvgIpc) is 2.85. The van der Waals surface area contributed by atoms with E-state index in [-0.39, 0.29) is 6.04 Å². The molecule has 1 heterocycles. The summed E-state index contributed by atoms with van der Waals surface area (Å²) in [6.45, 7) is 8.33. The molecule has 0 unspecified atom stereocenters. The second kappa shape index (κ2) is 7.88. The molecule has 126 valence electrons. The van der Waals surface area contributed by atoms with Gasteiger partial charge in [0.15, 0.2) is 0 Å². The van der Waals surface area contributed by atoms with Crippen molar-refractivity contribution in [2.24, 2.45) is 0 Å². The van der Waals surface area contributed by atoms with E-state index in [2.05, 4.69) is 48.8 Å². The van der Waals surface area contributed by atoms with E-state index < -0.39 is 0 Å². The number of nitrogens with one attached hydrogen (secondary N) is 1. The molecule has 0 amide bonds. The summed E-state index contributed by atoms with van der Waals surface area (Å²) in [6.07, 6.45) is 2.97. The summed E-state index contributed by atoms with van der Waals surface area (Å²) < 4.78 is 10.7. The van der Waals surface area contributed by atoms with Gasteiger partial charge in [0, 0.05) is 22.5 Å². The zero-order valence-electron chi connectivity index (χ0n) is 14.8. The van der Waals surface area contributed by atoms with Gasteiger partial charge < -0.3 is 14.6 Å². The molecule has 0 aliphatic carbocycles. The first kappa shape index (κ1) is 17.9. The maximum absolute atomic E-state index is 5.48. The number of aryl methyl sites for hydroxylation is 2. The first-order valence-corrected chi connectivity index (χ1v) is 9.08. The van der Waals surface area contributed by atoms with Crippen molar-refractivity contribution in [1.82, 2.24) is 10.5 Å². The van der Waals surface area contributed by atoms with Crippen LogP contribution in [0, 0.1) is 13.8 Å². The molecule has 5 heteroatoms. The van der Waals surface area contributed by atoms with Crippen LogP contribution in [0.1, 0.15) is 42.5 Å². The van der Waals surface area contributed by atoms with E-state index in [1.54, 1.807) is 18.9 Å². The highest BCUT2D eigenvalue weighted by Gasteiger charge is 2.16. The van der Waals surface area contributed by atoms with Crippen molar-refractivity contribution in [2.45, 2.75) is 51.1 Å². The lowest BCUT2D eigenvalue weighted by molar-refractivity contribution is 0.391. The lowest BCUT2D eigenvalue weighted by Crippen LogP contribution is -2.31. The fourth-order valence-electron chi connectivity index (χ4n) is 2.80. The van der Waals surface area contributed by atoms with Crippen LogP contribution in [0.25, 0.3) is 0 Å². The van der Waals surface area contributed by atoms with Crippen molar-refractivity contribution < 1.29 is 9.26 Å². The van der Waals surface area contributed by atoms with Crippen molar-refractivity contribution in [2.75, 3.05) is 13.4 Å². The van der Waals surface area contributed by atoms with Gasteiger partial charge in [0.1, 0.15) is 11.5 Å². The molecule has 0 spiro atoms. The monoisotopic (exact) mass is 334 g/mol. The number of aromatic nitrogens is 1. The summed E-state index contributed by atoms with van der Waals surface area (Å²) >= 11 is 1.70. The highest BCUT2D eigenvalue weighted by Crippen LogP contribution is 2.30. The number of ether oxygens (including phenoxy) is 1. The van der Waals surface area contributed by atoms with Gasteiger partial charge >= 0.3 is 0 Å². The molecular weight excluding hydrogens is 308 g/mol. The van der Waals surface area contributed by atoms with Crippen molar-refractivity contribution in [3.63, 3.8) is 0 Å². The molecule has 0 saturated heterocycles. The van der Waals surface area contributed by atoms with Gasteiger partial charge in [-0.2, -0.15) is 0 Å². The molecule has 1 N–H and O–H groups in total. The molecular formula is C18H26N2O2S.